The van der Waals surface area contributed by atoms with Crippen LogP contribution in [0.25, 0.3) is 0 Å². The summed E-state index contributed by atoms with van der Waals surface area (Å²) in [5, 5.41) is 0. The van der Waals surface area contributed by atoms with Crippen molar-refractivity contribution in [2.45, 2.75) is 65.5 Å². The minimum Gasteiger partial charge on any atom is -0.337 e. The maximum absolute atomic E-state index is 13.5. The number of imide groups is 1. The Hall–Kier alpha value is -2.17. The fourth-order valence-corrected chi connectivity index (χ4v) is 5.87. The number of likely N-dealkylation sites (tertiary alicyclic amines) is 1. The van der Waals surface area contributed by atoms with Gasteiger partial charge in [0.1, 0.15) is 6.04 Å². The molecule has 1 aromatic rings. The van der Waals surface area contributed by atoms with E-state index in [9.17, 15) is 14.4 Å². The molecule has 1 aliphatic carbocycles. The molecule has 2 aliphatic heterocycles. The molecule has 3 atom stereocenters. The molecule has 0 aromatic heterocycles. The van der Waals surface area contributed by atoms with Crippen molar-refractivity contribution >= 4 is 17.7 Å². The highest BCUT2D eigenvalue weighted by Gasteiger charge is 2.53. The Labute approximate surface area is 160 Å². The molecule has 0 N–H and O–H groups in total. The lowest BCUT2D eigenvalue weighted by Gasteiger charge is -2.39. The molecule has 2 bridgehead atoms. The highest BCUT2D eigenvalue weighted by molar-refractivity contribution is 6.22. The van der Waals surface area contributed by atoms with Crippen molar-refractivity contribution in [2.75, 3.05) is 6.54 Å². The van der Waals surface area contributed by atoms with Gasteiger partial charge in [-0.25, -0.2) is 0 Å². The van der Waals surface area contributed by atoms with Gasteiger partial charge in [0.05, 0.1) is 11.1 Å². The van der Waals surface area contributed by atoms with Gasteiger partial charge in [0.25, 0.3) is 11.8 Å². The monoisotopic (exact) mass is 368 g/mol. The van der Waals surface area contributed by atoms with Gasteiger partial charge in [-0.15, -0.1) is 0 Å². The van der Waals surface area contributed by atoms with Crippen LogP contribution in [0.2, 0.25) is 0 Å². The van der Waals surface area contributed by atoms with Gasteiger partial charge in [-0.05, 0) is 48.6 Å². The summed E-state index contributed by atoms with van der Waals surface area (Å²) in [4.78, 5) is 42.4. The largest absolute Gasteiger partial charge is 0.337 e. The minimum atomic E-state index is -0.719. The second-order valence-electron chi connectivity index (χ2n) is 9.63. The zero-order valence-corrected chi connectivity index (χ0v) is 16.6. The maximum atomic E-state index is 13.5. The molecular weight excluding hydrogens is 340 g/mol. The highest BCUT2D eigenvalue weighted by atomic mass is 16.2. The molecule has 5 nitrogen and oxygen atoms in total. The fraction of sp³-hybridized carbons (Fsp3) is 0.591. The van der Waals surface area contributed by atoms with Crippen LogP contribution in [-0.4, -0.2) is 46.1 Å². The van der Waals surface area contributed by atoms with E-state index in [4.69, 9.17) is 0 Å². The summed E-state index contributed by atoms with van der Waals surface area (Å²) in [6.07, 6.45) is 3.53. The molecule has 0 unspecified atom stereocenters. The molecule has 2 heterocycles. The molecule has 27 heavy (non-hydrogen) atoms. The van der Waals surface area contributed by atoms with E-state index in [1.807, 2.05) is 11.8 Å². The fourth-order valence-electron chi connectivity index (χ4n) is 5.87. The van der Waals surface area contributed by atoms with Crippen LogP contribution < -0.4 is 0 Å². The molecule has 4 rings (SSSR count). The van der Waals surface area contributed by atoms with Gasteiger partial charge in [-0.3, -0.25) is 19.3 Å². The van der Waals surface area contributed by atoms with Crippen molar-refractivity contribution in [3.05, 3.63) is 35.4 Å². The van der Waals surface area contributed by atoms with E-state index >= 15 is 0 Å². The van der Waals surface area contributed by atoms with Crippen molar-refractivity contribution < 1.29 is 14.4 Å². The summed E-state index contributed by atoms with van der Waals surface area (Å²) >= 11 is 0. The van der Waals surface area contributed by atoms with Crippen LogP contribution in [0.3, 0.4) is 0 Å². The first-order valence-electron chi connectivity index (χ1n) is 9.93. The Balaban J connectivity index is 1.62. The van der Waals surface area contributed by atoms with E-state index in [-0.39, 0.29) is 34.6 Å². The molecule has 5 heteroatoms. The van der Waals surface area contributed by atoms with Crippen molar-refractivity contribution in [3.63, 3.8) is 0 Å². The first-order chi connectivity index (χ1) is 12.7. The zero-order chi connectivity index (χ0) is 19.6. The van der Waals surface area contributed by atoms with E-state index in [0.717, 1.165) is 25.8 Å². The van der Waals surface area contributed by atoms with Crippen LogP contribution in [0.1, 0.15) is 74.1 Å². The topological polar surface area (TPSA) is 57.7 Å². The minimum absolute atomic E-state index is 0.0709. The highest BCUT2D eigenvalue weighted by Crippen LogP contribution is 2.52. The molecule has 3 amide bonds. The number of rotatable bonds is 3. The van der Waals surface area contributed by atoms with Crippen molar-refractivity contribution in [2.24, 2.45) is 10.8 Å². The quantitative estimate of drug-likeness (QED) is 0.768. The summed E-state index contributed by atoms with van der Waals surface area (Å²) < 4.78 is 0. The molecule has 3 aliphatic rings. The molecule has 2 fully saturated rings. The third-order valence-electron chi connectivity index (χ3n) is 6.51. The Morgan fingerprint density at radius 3 is 2.26 bits per heavy atom. The summed E-state index contributed by atoms with van der Waals surface area (Å²) in [7, 11) is 0. The smallest absolute Gasteiger partial charge is 0.262 e. The van der Waals surface area contributed by atoms with Gasteiger partial charge in [0.2, 0.25) is 5.91 Å². The molecule has 0 spiro atoms. The third kappa shape index (κ3) is 2.79. The SMILES string of the molecule is CC[C@H](C(=O)N1C[C@@]2(C)C[C@H]1CC(C)(C)C2)N1C(=O)c2ccccc2C1=O. The lowest BCUT2D eigenvalue weighted by molar-refractivity contribution is -0.136. The third-order valence-corrected chi connectivity index (χ3v) is 6.51. The average Bonchev–Trinajstić information content (AvgIpc) is 3.00. The van der Waals surface area contributed by atoms with Crippen molar-refractivity contribution in [1.82, 2.24) is 9.80 Å². The number of carbonyl (C=O) groups excluding carboxylic acids is 3. The van der Waals surface area contributed by atoms with Crippen LogP contribution in [-0.2, 0) is 4.79 Å². The number of hydrogen-bond donors (Lipinski definition) is 0. The van der Waals surface area contributed by atoms with E-state index in [2.05, 4.69) is 20.8 Å². The average molecular weight is 368 g/mol. The lowest BCUT2D eigenvalue weighted by atomic mass is 9.65. The van der Waals surface area contributed by atoms with E-state index < -0.39 is 6.04 Å². The Kier molecular flexibility index (Phi) is 3.99. The van der Waals surface area contributed by atoms with E-state index in [0.29, 0.717) is 17.5 Å². The molecule has 0 radical (unpaired) electrons. The van der Waals surface area contributed by atoms with Crippen LogP contribution in [0.15, 0.2) is 24.3 Å². The van der Waals surface area contributed by atoms with E-state index in [1.165, 1.54) is 4.90 Å². The second kappa shape index (κ2) is 5.91. The number of amides is 3. The Morgan fingerprint density at radius 1 is 1.11 bits per heavy atom. The van der Waals surface area contributed by atoms with E-state index in [1.54, 1.807) is 24.3 Å². The number of carbonyl (C=O) groups is 3. The summed E-state index contributed by atoms with van der Waals surface area (Å²) in [5.74, 6) is -0.757. The first kappa shape index (κ1) is 18.2. The van der Waals surface area contributed by atoms with Gasteiger partial charge >= 0.3 is 0 Å². The van der Waals surface area contributed by atoms with Crippen LogP contribution in [0.5, 0.6) is 0 Å². The summed E-state index contributed by atoms with van der Waals surface area (Å²) in [6.45, 7) is 9.40. The zero-order valence-electron chi connectivity index (χ0n) is 16.6. The molecule has 144 valence electrons. The van der Waals surface area contributed by atoms with Gasteiger partial charge in [-0.2, -0.15) is 0 Å². The summed E-state index contributed by atoms with van der Waals surface area (Å²) in [6, 6.07) is 6.32. The second-order valence-corrected chi connectivity index (χ2v) is 9.63. The number of nitrogens with zero attached hydrogens (tertiary/aromatic N) is 2. The van der Waals surface area contributed by atoms with Crippen molar-refractivity contribution in [3.8, 4) is 0 Å². The number of fused-ring (bicyclic) bond motifs is 3. The van der Waals surface area contributed by atoms with Gasteiger partial charge < -0.3 is 4.90 Å². The number of benzene rings is 1. The van der Waals surface area contributed by atoms with Gasteiger partial charge in [0, 0.05) is 12.6 Å². The predicted octanol–water partition coefficient (Wildman–Crippen LogP) is 3.49. The van der Waals surface area contributed by atoms with Gasteiger partial charge in [-0.1, -0.05) is 39.8 Å². The first-order valence-corrected chi connectivity index (χ1v) is 9.93. The molecular formula is C22H28N2O3. The van der Waals surface area contributed by atoms with Crippen LogP contribution in [0.4, 0.5) is 0 Å². The normalized spacial score (nSPS) is 29.9. The van der Waals surface area contributed by atoms with Gasteiger partial charge in [0.15, 0.2) is 0 Å². The standard InChI is InChI=1S/C22H28N2O3/c1-5-17(24-18(25)15-8-6-7-9-16(15)19(24)26)20(27)23-13-22(4)11-14(23)10-21(2,3)12-22/h6-9,14,17H,5,10-13H2,1-4H3/t14-,17-,22+/m1/s1. The summed E-state index contributed by atoms with van der Waals surface area (Å²) in [5.41, 5.74) is 1.15. The number of hydrogen-bond acceptors (Lipinski definition) is 3. The Bertz CT molecular complexity index is 796. The Morgan fingerprint density at radius 2 is 1.70 bits per heavy atom. The molecule has 1 saturated carbocycles. The molecule has 1 aromatic carbocycles. The predicted molar refractivity (Wildman–Crippen MR) is 102 cm³/mol. The van der Waals surface area contributed by atoms with Crippen LogP contribution >= 0.6 is 0 Å². The maximum Gasteiger partial charge on any atom is 0.262 e. The van der Waals surface area contributed by atoms with Crippen molar-refractivity contribution in [1.29, 1.82) is 0 Å². The van der Waals surface area contributed by atoms with Crippen LogP contribution in [0, 0.1) is 10.8 Å². The lowest BCUT2D eigenvalue weighted by Crippen LogP contribution is -2.52. The molecule has 1 saturated heterocycles.